The smallest absolute Gasteiger partial charge is 0.267 e. The number of sulfonamides is 1. The van der Waals surface area contributed by atoms with Gasteiger partial charge in [0.05, 0.1) is 5.25 Å². The van der Waals surface area contributed by atoms with Crippen LogP contribution in [0.15, 0.2) is 24.3 Å². The minimum absolute atomic E-state index is 0.145. The van der Waals surface area contributed by atoms with E-state index in [-0.39, 0.29) is 17.8 Å². The monoisotopic (exact) mass is 352 g/mol. The van der Waals surface area contributed by atoms with Gasteiger partial charge in [0.15, 0.2) is 11.5 Å². The van der Waals surface area contributed by atoms with E-state index < -0.39 is 16.1 Å². The van der Waals surface area contributed by atoms with Gasteiger partial charge in [0.1, 0.15) is 6.61 Å². The second kappa shape index (κ2) is 5.93. The Hall–Kier alpha value is -1.80. The van der Waals surface area contributed by atoms with Crippen LogP contribution in [0.25, 0.3) is 0 Å². The van der Waals surface area contributed by atoms with E-state index in [1.807, 2.05) is 12.1 Å². The van der Waals surface area contributed by atoms with Gasteiger partial charge in [0.2, 0.25) is 16.1 Å². The number of fused-ring (bicyclic) bond motifs is 1. The highest BCUT2D eigenvalue weighted by molar-refractivity contribution is 7.90. The van der Waals surface area contributed by atoms with E-state index in [0.717, 1.165) is 12.8 Å². The molecule has 0 aromatic heterocycles. The molecule has 1 aliphatic carbocycles. The molecule has 1 aromatic rings. The van der Waals surface area contributed by atoms with Crippen molar-refractivity contribution >= 4 is 15.9 Å². The summed E-state index contributed by atoms with van der Waals surface area (Å²) in [6, 6.07) is 7.26. The van der Waals surface area contributed by atoms with Crippen LogP contribution in [0.1, 0.15) is 12.8 Å². The fraction of sp³-hybridized carbons (Fsp3) is 0.562. The van der Waals surface area contributed by atoms with Gasteiger partial charge in [-0.25, -0.2) is 8.42 Å². The highest BCUT2D eigenvalue weighted by Crippen LogP contribution is 2.33. The molecule has 8 heteroatoms. The predicted octanol–water partition coefficient (Wildman–Crippen LogP) is 0.463. The minimum atomic E-state index is -3.16. The molecule has 2 heterocycles. The van der Waals surface area contributed by atoms with Crippen LogP contribution in [0.3, 0.4) is 0 Å². The lowest BCUT2D eigenvalue weighted by Gasteiger charge is -2.36. The Balaban J connectivity index is 1.37. The molecular weight excluding hydrogens is 332 g/mol. The summed E-state index contributed by atoms with van der Waals surface area (Å²) in [5.74, 6) is 1.06. The van der Waals surface area contributed by atoms with Crippen LogP contribution in [0.5, 0.6) is 11.5 Å². The van der Waals surface area contributed by atoms with Crippen LogP contribution in [0.4, 0.5) is 0 Å². The molecule has 1 amide bonds. The summed E-state index contributed by atoms with van der Waals surface area (Å²) in [4.78, 5) is 14.3. The average Bonchev–Trinajstić information content (AvgIpc) is 3.46. The highest BCUT2D eigenvalue weighted by atomic mass is 32.2. The molecule has 0 spiro atoms. The molecule has 0 N–H and O–H groups in total. The maximum absolute atomic E-state index is 12.6. The van der Waals surface area contributed by atoms with Crippen LogP contribution < -0.4 is 9.47 Å². The Labute approximate surface area is 141 Å². The quantitative estimate of drug-likeness (QED) is 0.790. The van der Waals surface area contributed by atoms with E-state index in [2.05, 4.69) is 0 Å². The van der Waals surface area contributed by atoms with Crippen molar-refractivity contribution < 1.29 is 22.7 Å². The lowest BCUT2D eigenvalue weighted by molar-refractivity contribution is -0.142. The average molecular weight is 352 g/mol. The molecule has 7 nitrogen and oxygen atoms in total. The number of carbonyl (C=O) groups excluding carboxylic acids is 1. The Morgan fingerprint density at radius 2 is 1.71 bits per heavy atom. The summed E-state index contributed by atoms with van der Waals surface area (Å²) in [6.07, 6.45) is 0.842. The van der Waals surface area contributed by atoms with Crippen molar-refractivity contribution in [1.29, 1.82) is 0 Å². The maximum Gasteiger partial charge on any atom is 0.267 e. The number of piperazine rings is 1. The van der Waals surface area contributed by atoms with Crippen molar-refractivity contribution in [3.8, 4) is 11.5 Å². The van der Waals surface area contributed by atoms with Crippen LogP contribution in [0.2, 0.25) is 0 Å². The van der Waals surface area contributed by atoms with Crippen molar-refractivity contribution in [3.63, 3.8) is 0 Å². The Morgan fingerprint density at radius 3 is 2.38 bits per heavy atom. The summed E-state index contributed by atoms with van der Waals surface area (Å²) < 4.78 is 37.3. The van der Waals surface area contributed by atoms with Gasteiger partial charge < -0.3 is 14.4 Å². The first-order chi connectivity index (χ1) is 11.6. The van der Waals surface area contributed by atoms with Crippen molar-refractivity contribution in [2.45, 2.75) is 24.2 Å². The molecule has 24 heavy (non-hydrogen) atoms. The third-order valence-electron chi connectivity index (χ3n) is 4.64. The van der Waals surface area contributed by atoms with E-state index in [0.29, 0.717) is 37.7 Å². The number of amides is 1. The van der Waals surface area contributed by atoms with Gasteiger partial charge in [-0.05, 0) is 25.0 Å². The summed E-state index contributed by atoms with van der Waals surface area (Å²) in [5.41, 5.74) is 0. The summed E-state index contributed by atoms with van der Waals surface area (Å²) in [7, 11) is -3.16. The minimum Gasteiger partial charge on any atom is -0.485 e. The number of para-hydroxylation sites is 2. The topological polar surface area (TPSA) is 76.2 Å². The second-order valence-corrected chi connectivity index (χ2v) is 8.55. The zero-order valence-electron chi connectivity index (χ0n) is 13.3. The zero-order chi connectivity index (χ0) is 16.7. The SMILES string of the molecule is O=C(C1COc2ccccc2O1)N1CCN(S(=O)(=O)C2CC2)CC1. The summed E-state index contributed by atoms with van der Waals surface area (Å²) >= 11 is 0. The van der Waals surface area contributed by atoms with Crippen molar-refractivity contribution in [2.24, 2.45) is 0 Å². The molecule has 1 unspecified atom stereocenters. The van der Waals surface area contributed by atoms with Gasteiger partial charge in [-0.3, -0.25) is 4.79 Å². The van der Waals surface area contributed by atoms with Gasteiger partial charge in [0.25, 0.3) is 5.91 Å². The molecule has 3 aliphatic rings. The summed E-state index contributed by atoms with van der Waals surface area (Å²) in [6.45, 7) is 1.68. The molecule has 1 saturated carbocycles. The molecule has 130 valence electrons. The number of hydrogen-bond donors (Lipinski definition) is 0. The molecule has 0 bridgehead atoms. The third-order valence-corrected chi connectivity index (χ3v) is 7.04. The molecule has 2 fully saturated rings. The third kappa shape index (κ3) is 2.84. The fourth-order valence-corrected chi connectivity index (χ4v) is 4.91. The van der Waals surface area contributed by atoms with E-state index in [1.165, 1.54) is 4.31 Å². The summed E-state index contributed by atoms with van der Waals surface area (Å²) in [5, 5.41) is -0.202. The Kier molecular flexibility index (Phi) is 3.88. The van der Waals surface area contributed by atoms with Crippen molar-refractivity contribution in [2.75, 3.05) is 32.8 Å². The number of benzene rings is 1. The van der Waals surface area contributed by atoms with E-state index in [4.69, 9.17) is 9.47 Å². The molecule has 4 rings (SSSR count). The Morgan fingerprint density at radius 1 is 1.04 bits per heavy atom. The van der Waals surface area contributed by atoms with Crippen LogP contribution in [-0.2, 0) is 14.8 Å². The van der Waals surface area contributed by atoms with Crippen molar-refractivity contribution in [3.05, 3.63) is 24.3 Å². The standard InChI is InChI=1S/C16H20N2O5S/c19-16(15-11-22-13-3-1-2-4-14(13)23-15)17-7-9-18(10-8-17)24(20,21)12-5-6-12/h1-4,12,15H,5-11H2. The van der Waals surface area contributed by atoms with Crippen molar-refractivity contribution in [1.82, 2.24) is 9.21 Å². The lowest BCUT2D eigenvalue weighted by Crippen LogP contribution is -2.55. The molecule has 0 radical (unpaired) electrons. The molecule has 1 atom stereocenters. The van der Waals surface area contributed by atoms with E-state index in [9.17, 15) is 13.2 Å². The highest BCUT2D eigenvalue weighted by Gasteiger charge is 2.42. The Bertz CT molecular complexity index is 739. The molecule has 1 saturated heterocycles. The zero-order valence-corrected chi connectivity index (χ0v) is 14.1. The molecular formula is C16H20N2O5S. The van der Waals surface area contributed by atoms with Gasteiger partial charge in [0, 0.05) is 26.2 Å². The first-order valence-corrected chi connectivity index (χ1v) is 9.72. The molecule has 1 aromatic carbocycles. The van der Waals surface area contributed by atoms with Gasteiger partial charge in [-0.2, -0.15) is 4.31 Å². The maximum atomic E-state index is 12.6. The van der Waals surface area contributed by atoms with Gasteiger partial charge in [-0.15, -0.1) is 0 Å². The van der Waals surface area contributed by atoms with E-state index in [1.54, 1.807) is 17.0 Å². The number of carbonyl (C=O) groups is 1. The van der Waals surface area contributed by atoms with Gasteiger partial charge in [-0.1, -0.05) is 12.1 Å². The lowest BCUT2D eigenvalue weighted by atomic mass is 10.2. The number of hydrogen-bond acceptors (Lipinski definition) is 5. The van der Waals surface area contributed by atoms with E-state index >= 15 is 0 Å². The second-order valence-electron chi connectivity index (χ2n) is 6.33. The normalized spacial score (nSPS) is 24.7. The molecule has 2 aliphatic heterocycles. The first kappa shape index (κ1) is 15.7. The fourth-order valence-electron chi connectivity index (χ4n) is 3.08. The largest absolute Gasteiger partial charge is 0.485 e. The predicted molar refractivity (Wildman–Crippen MR) is 86.4 cm³/mol. The van der Waals surface area contributed by atoms with Crippen LogP contribution >= 0.6 is 0 Å². The van der Waals surface area contributed by atoms with Crippen LogP contribution in [0, 0.1) is 0 Å². The number of rotatable bonds is 3. The number of ether oxygens (including phenoxy) is 2. The first-order valence-electron chi connectivity index (χ1n) is 8.22. The number of nitrogens with zero attached hydrogens (tertiary/aromatic N) is 2. The van der Waals surface area contributed by atoms with Crippen LogP contribution in [-0.4, -0.2) is 67.7 Å². The van der Waals surface area contributed by atoms with Gasteiger partial charge >= 0.3 is 0 Å².